The van der Waals surface area contributed by atoms with Crippen LogP contribution in [0.15, 0.2) is 35.1 Å². The van der Waals surface area contributed by atoms with Crippen LogP contribution in [0.25, 0.3) is 0 Å². The minimum atomic E-state index is 0.350. The highest BCUT2D eigenvalue weighted by atomic mass is 79.9. The number of nitrogens with one attached hydrogen (secondary N) is 1. The number of halogens is 2. The van der Waals surface area contributed by atoms with Crippen LogP contribution < -0.4 is 10.1 Å². The van der Waals surface area contributed by atoms with Crippen LogP contribution in [0.4, 0.5) is 11.5 Å². The summed E-state index contributed by atoms with van der Waals surface area (Å²) in [7, 11) is 1.62. The van der Waals surface area contributed by atoms with Gasteiger partial charge in [-0.3, -0.25) is 4.98 Å². The number of rotatable bonds is 3. The maximum absolute atomic E-state index is 5.75. The summed E-state index contributed by atoms with van der Waals surface area (Å²) in [5.74, 6) is 1.36. The highest BCUT2D eigenvalue weighted by Gasteiger charge is 2.02. The monoisotopic (exact) mass is 313 g/mol. The van der Waals surface area contributed by atoms with Gasteiger partial charge in [0.05, 0.1) is 24.0 Å². The highest BCUT2D eigenvalue weighted by molar-refractivity contribution is 9.10. The Labute approximate surface area is 112 Å². The summed E-state index contributed by atoms with van der Waals surface area (Å²) in [6, 6.07) is 5.62. The number of benzene rings is 1. The fraction of sp³-hybridized carbons (Fsp3) is 0.0909. The molecule has 0 amide bonds. The molecule has 0 aliphatic carbocycles. The van der Waals surface area contributed by atoms with Gasteiger partial charge in [0.2, 0.25) is 0 Å². The first-order valence-electron chi connectivity index (χ1n) is 4.77. The Morgan fingerprint density at radius 2 is 2.18 bits per heavy atom. The van der Waals surface area contributed by atoms with Gasteiger partial charge in [0.25, 0.3) is 0 Å². The van der Waals surface area contributed by atoms with E-state index < -0.39 is 0 Å². The van der Waals surface area contributed by atoms with Crippen LogP contribution in [-0.4, -0.2) is 17.1 Å². The number of aromatic nitrogens is 2. The Kier molecular flexibility index (Phi) is 3.81. The zero-order valence-corrected chi connectivity index (χ0v) is 11.3. The second-order valence-electron chi connectivity index (χ2n) is 3.20. The molecule has 1 N–H and O–H groups in total. The lowest BCUT2D eigenvalue weighted by molar-refractivity contribution is 0.412. The van der Waals surface area contributed by atoms with Crippen molar-refractivity contribution in [3.05, 3.63) is 40.2 Å². The molecule has 17 heavy (non-hydrogen) atoms. The first-order chi connectivity index (χ1) is 8.19. The quantitative estimate of drug-likeness (QED) is 0.939. The zero-order valence-electron chi connectivity index (χ0n) is 8.95. The van der Waals surface area contributed by atoms with Crippen molar-refractivity contribution in [3.8, 4) is 5.75 Å². The van der Waals surface area contributed by atoms with Gasteiger partial charge in [-0.25, -0.2) is 4.98 Å². The molecule has 0 spiro atoms. The van der Waals surface area contributed by atoms with Crippen LogP contribution in [-0.2, 0) is 0 Å². The van der Waals surface area contributed by atoms with E-state index in [9.17, 15) is 0 Å². The van der Waals surface area contributed by atoms with Crippen LogP contribution in [0.3, 0.4) is 0 Å². The number of nitrogens with zero attached hydrogens (tertiary/aromatic N) is 2. The fourth-order valence-corrected chi connectivity index (χ4v) is 1.98. The van der Waals surface area contributed by atoms with E-state index in [0.717, 1.165) is 15.9 Å². The number of hydrogen-bond acceptors (Lipinski definition) is 4. The Morgan fingerprint density at radius 3 is 2.82 bits per heavy atom. The lowest BCUT2D eigenvalue weighted by atomic mass is 10.3. The molecule has 0 aliphatic rings. The Hall–Kier alpha value is -1.33. The van der Waals surface area contributed by atoms with E-state index in [1.54, 1.807) is 13.3 Å². The predicted molar refractivity (Wildman–Crippen MR) is 71.0 cm³/mol. The van der Waals surface area contributed by atoms with Crippen LogP contribution in [0.1, 0.15) is 0 Å². The van der Waals surface area contributed by atoms with Crippen LogP contribution in [0.2, 0.25) is 5.15 Å². The van der Waals surface area contributed by atoms with Crippen molar-refractivity contribution < 1.29 is 4.74 Å². The van der Waals surface area contributed by atoms with E-state index in [2.05, 4.69) is 31.2 Å². The molecule has 4 nitrogen and oxygen atoms in total. The molecule has 0 saturated heterocycles. The van der Waals surface area contributed by atoms with E-state index in [1.807, 2.05) is 18.2 Å². The van der Waals surface area contributed by atoms with Crippen LogP contribution >= 0.6 is 27.5 Å². The van der Waals surface area contributed by atoms with Crippen molar-refractivity contribution >= 4 is 39.0 Å². The van der Waals surface area contributed by atoms with Gasteiger partial charge in [0.15, 0.2) is 5.82 Å². The van der Waals surface area contributed by atoms with Gasteiger partial charge in [-0.05, 0) is 34.1 Å². The van der Waals surface area contributed by atoms with E-state index >= 15 is 0 Å². The average Bonchev–Trinajstić information content (AvgIpc) is 2.29. The molecule has 0 saturated carbocycles. The van der Waals surface area contributed by atoms with Crippen molar-refractivity contribution in [3.63, 3.8) is 0 Å². The Balaban J connectivity index is 2.22. The fourth-order valence-electron chi connectivity index (χ4n) is 1.29. The third-order valence-electron chi connectivity index (χ3n) is 2.03. The number of methoxy groups -OCH3 is 1. The average molecular weight is 315 g/mol. The van der Waals surface area contributed by atoms with Gasteiger partial charge in [-0.2, -0.15) is 0 Å². The third-order valence-corrected chi connectivity index (χ3v) is 2.83. The normalized spacial score (nSPS) is 10.1. The molecule has 0 unspecified atom stereocenters. The first-order valence-corrected chi connectivity index (χ1v) is 5.94. The molecule has 0 fully saturated rings. The molecule has 1 heterocycles. The lowest BCUT2D eigenvalue weighted by Gasteiger charge is -2.08. The second kappa shape index (κ2) is 5.33. The minimum absolute atomic E-state index is 0.350. The Bertz CT molecular complexity index is 536. The molecule has 0 atom stereocenters. The predicted octanol–water partition coefficient (Wildman–Crippen LogP) is 3.64. The molecule has 0 bridgehead atoms. The number of anilines is 2. The molecule has 2 aromatic rings. The molecule has 1 aromatic carbocycles. The maximum Gasteiger partial charge on any atom is 0.150 e. The molecule has 1 aromatic heterocycles. The SMILES string of the molecule is COc1ccc(Nc2cncc(Cl)n2)cc1Br. The van der Waals surface area contributed by atoms with Crippen molar-refractivity contribution in [2.75, 3.05) is 12.4 Å². The molecular formula is C11H9BrClN3O. The van der Waals surface area contributed by atoms with Crippen molar-refractivity contribution in [2.24, 2.45) is 0 Å². The van der Waals surface area contributed by atoms with E-state index in [4.69, 9.17) is 16.3 Å². The van der Waals surface area contributed by atoms with Crippen molar-refractivity contribution in [1.82, 2.24) is 9.97 Å². The molecule has 6 heteroatoms. The van der Waals surface area contributed by atoms with E-state index in [0.29, 0.717) is 11.0 Å². The van der Waals surface area contributed by atoms with Crippen molar-refractivity contribution in [2.45, 2.75) is 0 Å². The molecule has 2 rings (SSSR count). The molecular weight excluding hydrogens is 305 g/mol. The summed E-state index contributed by atoms with van der Waals surface area (Å²) in [6.45, 7) is 0. The number of hydrogen-bond donors (Lipinski definition) is 1. The zero-order chi connectivity index (χ0) is 12.3. The van der Waals surface area contributed by atoms with Gasteiger partial charge in [0, 0.05) is 5.69 Å². The standard InChI is InChI=1S/C11H9BrClN3O/c1-17-9-3-2-7(4-8(9)12)15-11-6-14-5-10(13)16-11/h2-6H,1H3,(H,15,16). The lowest BCUT2D eigenvalue weighted by Crippen LogP contribution is -1.95. The highest BCUT2D eigenvalue weighted by Crippen LogP contribution is 2.28. The second-order valence-corrected chi connectivity index (χ2v) is 4.44. The Morgan fingerprint density at radius 1 is 1.35 bits per heavy atom. The minimum Gasteiger partial charge on any atom is -0.496 e. The van der Waals surface area contributed by atoms with Gasteiger partial charge in [-0.15, -0.1) is 0 Å². The third kappa shape index (κ3) is 3.08. The molecule has 88 valence electrons. The summed E-state index contributed by atoms with van der Waals surface area (Å²) in [5.41, 5.74) is 0.870. The molecule has 0 radical (unpaired) electrons. The van der Waals surface area contributed by atoms with Crippen LogP contribution in [0.5, 0.6) is 5.75 Å². The van der Waals surface area contributed by atoms with Gasteiger partial charge in [0.1, 0.15) is 10.9 Å². The van der Waals surface area contributed by atoms with Gasteiger partial charge in [-0.1, -0.05) is 11.6 Å². The smallest absolute Gasteiger partial charge is 0.150 e. The summed E-state index contributed by atoms with van der Waals surface area (Å²) >= 11 is 9.16. The largest absolute Gasteiger partial charge is 0.496 e. The van der Waals surface area contributed by atoms with E-state index in [1.165, 1.54) is 6.20 Å². The molecule has 0 aliphatic heterocycles. The summed E-state index contributed by atoms with van der Waals surface area (Å²) < 4.78 is 6.01. The maximum atomic E-state index is 5.75. The van der Waals surface area contributed by atoms with Crippen LogP contribution in [0, 0.1) is 0 Å². The number of ether oxygens (including phenoxy) is 1. The van der Waals surface area contributed by atoms with Gasteiger partial charge < -0.3 is 10.1 Å². The first kappa shape index (κ1) is 12.1. The summed E-state index contributed by atoms with van der Waals surface area (Å²) in [4.78, 5) is 8.03. The van der Waals surface area contributed by atoms with Crippen molar-refractivity contribution in [1.29, 1.82) is 0 Å². The van der Waals surface area contributed by atoms with E-state index in [-0.39, 0.29) is 0 Å². The van der Waals surface area contributed by atoms with Gasteiger partial charge >= 0.3 is 0 Å². The topological polar surface area (TPSA) is 47.0 Å². The summed E-state index contributed by atoms with van der Waals surface area (Å²) in [5, 5.41) is 3.44. The summed E-state index contributed by atoms with van der Waals surface area (Å²) in [6.07, 6.45) is 3.08.